The molecule has 0 aromatic heterocycles. The highest BCUT2D eigenvalue weighted by molar-refractivity contribution is 6.00. The molecule has 6 nitrogen and oxygen atoms in total. The van der Waals surface area contributed by atoms with Gasteiger partial charge in [-0.1, -0.05) is 24.3 Å². The summed E-state index contributed by atoms with van der Waals surface area (Å²) >= 11 is 0. The molecule has 1 fully saturated rings. The van der Waals surface area contributed by atoms with Gasteiger partial charge in [-0.25, -0.2) is 0 Å². The number of Topliss-reactive ketones (excluding diaryl/α,β-unsaturated/α-hetero) is 1. The van der Waals surface area contributed by atoms with Gasteiger partial charge in [0, 0.05) is 37.1 Å². The number of hydrogen-bond acceptors (Lipinski definition) is 5. The molecule has 0 unspecified atom stereocenters. The molecule has 1 saturated heterocycles. The number of hydrogen-bond donors (Lipinski definition) is 0. The average molecular weight is 387 g/mol. The van der Waals surface area contributed by atoms with Crippen LogP contribution in [0.2, 0.25) is 0 Å². The van der Waals surface area contributed by atoms with Crippen LogP contribution in [0, 0.1) is 0 Å². The van der Waals surface area contributed by atoms with E-state index in [2.05, 4.69) is 10.2 Å². The number of carbonyl (C=O) groups excluding carboxylic acids is 2. The Morgan fingerprint density at radius 3 is 2.69 bits per heavy atom. The molecule has 0 N–H and O–H groups in total. The first-order valence-corrected chi connectivity index (χ1v) is 9.92. The van der Waals surface area contributed by atoms with Crippen LogP contribution in [0.25, 0.3) is 5.70 Å². The van der Waals surface area contributed by atoms with E-state index in [1.165, 1.54) is 0 Å². The second-order valence-corrected chi connectivity index (χ2v) is 7.77. The maximum Gasteiger partial charge on any atom is 0.253 e. The Kier molecular flexibility index (Phi) is 4.27. The molecule has 146 valence electrons. The van der Waals surface area contributed by atoms with E-state index in [0.717, 1.165) is 11.3 Å². The van der Waals surface area contributed by atoms with Gasteiger partial charge < -0.3 is 9.64 Å². The number of rotatable bonds is 2. The van der Waals surface area contributed by atoms with E-state index < -0.39 is 5.60 Å². The molecule has 1 amide bonds. The Labute approximate surface area is 168 Å². The number of benzene rings is 2. The van der Waals surface area contributed by atoms with Crippen molar-refractivity contribution in [3.63, 3.8) is 0 Å². The molecular weight excluding hydrogens is 366 g/mol. The highest BCUT2D eigenvalue weighted by atomic mass is 16.5. The van der Waals surface area contributed by atoms with E-state index in [1.54, 1.807) is 0 Å². The van der Waals surface area contributed by atoms with Gasteiger partial charge in [0.05, 0.1) is 24.2 Å². The predicted octanol–water partition coefficient (Wildman–Crippen LogP) is 4.13. The Morgan fingerprint density at radius 1 is 1.07 bits per heavy atom. The van der Waals surface area contributed by atoms with Gasteiger partial charge in [-0.2, -0.15) is 10.2 Å². The van der Waals surface area contributed by atoms with E-state index in [0.29, 0.717) is 55.8 Å². The Balaban J connectivity index is 1.30. The van der Waals surface area contributed by atoms with Crippen molar-refractivity contribution in [3.8, 4) is 5.75 Å². The normalized spacial score (nSPS) is 19.7. The molecule has 2 aromatic rings. The van der Waals surface area contributed by atoms with Gasteiger partial charge in [-0.3, -0.25) is 9.59 Å². The highest BCUT2D eigenvalue weighted by Gasteiger charge is 2.43. The zero-order chi connectivity index (χ0) is 19.8. The fourth-order valence-corrected chi connectivity index (χ4v) is 4.29. The molecule has 6 heteroatoms. The maximum absolute atomic E-state index is 13.0. The van der Waals surface area contributed by atoms with Gasteiger partial charge in [-0.05, 0) is 30.3 Å². The lowest BCUT2D eigenvalue weighted by molar-refractivity contribution is -0.00570. The van der Waals surface area contributed by atoms with E-state index in [9.17, 15) is 9.59 Å². The van der Waals surface area contributed by atoms with Gasteiger partial charge in [0.15, 0.2) is 5.78 Å². The molecule has 29 heavy (non-hydrogen) atoms. The van der Waals surface area contributed by atoms with Crippen LogP contribution in [0.15, 0.2) is 64.8 Å². The minimum absolute atomic E-state index is 0.000211. The average Bonchev–Trinajstić information content (AvgIpc) is 3.29. The number of nitrogens with zero attached hydrogens (tertiary/aromatic N) is 3. The van der Waals surface area contributed by atoms with Crippen molar-refractivity contribution in [2.45, 2.75) is 24.9 Å². The topological polar surface area (TPSA) is 71.3 Å². The minimum atomic E-state index is -0.501. The smallest absolute Gasteiger partial charge is 0.253 e. The van der Waals surface area contributed by atoms with Crippen LogP contribution in [0.3, 0.4) is 0 Å². The number of para-hydroxylation sites is 1. The third-order valence-electron chi connectivity index (χ3n) is 5.91. The SMILES string of the molecule is O=C1CC2(CCN(C(=O)c3cccc(C4=CCN=N4)c3)CC2)Oc2ccccc21. The van der Waals surface area contributed by atoms with Gasteiger partial charge in [-0.15, -0.1) is 0 Å². The summed E-state index contributed by atoms with van der Waals surface area (Å²) in [5.41, 5.74) is 2.52. The molecule has 2 aromatic carbocycles. The van der Waals surface area contributed by atoms with Crippen molar-refractivity contribution in [1.29, 1.82) is 0 Å². The maximum atomic E-state index is 13.0. The lowest BCUT2D eigenvalue weighted by Gasteiger charge is -2.44. The predicted molar refractivity (Wildman–Crippen MR) is 108 cm³/mol. The first kappa shape index (κ1) is 17.8. The van der Waals surface area contributed by atoms with Gasteiger partial charge >= 0.3 is 0 Å². The highest BCUT2D eigenvalue weighted by Crippen LogP contribution is 2.39. The number of piperidine rings is 1. The molecule has 5 rings (SSSR count). The number of azo groups is 1. The molecule has 3 aliphatic heterocycles. The standard InChI is InChI=1S/C23H21N3O3/c27-20-15-23(29-21-7-2-1-6-18(20)21)9-12-26(13-10-23)22(28)17-5-3-4-16(14-17)19-8-11-24-25-19/h1-8,14H,9-13,15H2. The molecule has 0 atom stereocenters. The number of ether oxygens (including phenoxy) is 1. The quantitative estimate of drug-likeness (QED) is 0.778. The Bertz CT molecular complexity index is 1050. The summed E-state index contributed by atoms with van der Waals surface area (Å²) < 4.78 is 6.26. The van der Waals surface area contributed by atoms with Crippen molar-refractivity contribution in [2.75, 3.05) is 19.6 Å². The van der Waals surface area contributed by atoms with Crippen molar-refractivity contribution in [3.05, 3.63) is 71.3 Å². The lowest BCUT2D eigenvalue weighted by atomic mass is 9.82. The number of fused-ring (bicyclic) bond motifs is 1. The Hall–Kier alpha value is -3.28. The summed E-state index contributed by atoms with van der Waals surface area (Å²) in [5, 5.41) is 8.09. The van der Waals surface area contributed by atoms with E-state index in [-0.39, 0.29) is 11.7 Å². The summed E-state index contributed by atoms with van der Waals surface area (Å²) in [6.07, 6.45) is 3.62. The van der Waals surface area contributed by atoms with Crippen LogP contribution in [0.5, 0.6) is 5.75 Å². The second-order valence-electron chi connectivity index (χ2n) is 7.77. The summed E-state index contributed by atoms with van der Waals surface area (Å²) in [4.78, 5) is 27.5. The third kappa shape index (κ3) is 3.24. The van der Waals surface area contributed by atoms with Crippen molar-refractivity contribution in [1.82, 2.24) is 4.90 Å². The molecular formula is C23H21N3O3. The van der Waals surface area contributed by atoms with Crippen molar-refractivity contribution in [2.24, 2.45) is 10.2 Å². The molecule has 3 heterocycles. The van der Waals surface area contributed by atoms with Gasteiger partial charge in [0.25, 0.3) is 5.91 Å². The second kappa shape index (κ2) is 6.95. The van der Waals surface area contributed by atoms with Crippen LogP contribution in [0.1, 0.15) is 45.5 Å². The monoisotopic (exact) mass is 387 g/mol. The number of amides is 1. The first-order chi connectivity index (χ1) is 14.1. The first-order valence-electron chi connectivity index (χ1n) is 9.92. The zero-order valence-corrected chi connectivity index (χ0v) is 16.0. The summed E-state index contributed by atoms with van der Waals surface area (Å²) in [7, 11) is 0. The lowest BCUT2D eigenvalue weighted by Crippen LogP contribution is -2.52. The number of likely N-dealkylation sites (tertiary alicyclic amines) is 1. The zero-order valence-electron chi connectivity index (χ0n) is 16.0. The third-order valence-corrected chi connectivity index (χ3v) is 5.91. The Morgan fingerprint density at radius 2 is 1.90 bits per heavy atom. The van der Waals surface area contributed by atoms with E-state index in [4.69, 9.17) is 4.74 Å². The van der Waals surface area contributed by atoms with Crippen LogP contribution in [0.4, 0.5) is 0 Å². The summed E-state index contributed by atoms with van der Waals surface area (Å²) in [6, 6.07) is 14.9. The van der Waals surface area contributed by atoms with Crippen LogP contribution in [-0.2, 0) is 0 Å². The van der Waals surface area contributed by atoms with Crippen LogP contribution < -0.4 is 4.74 Å². The van der Waals surface area contributed by atoms with Gasteiger partial charge in [0.2, 0.25) is 0 Å². The number of ketones is 1. The van der Waals surface area contributed by atoms with Crippen LogP contribution >= 0.6 is 0 Å². The largest absolute Gasteiger partial charge is 0.486 e. The molecule has 0 bridgehead atoms. The van der Waals surface area contributed by atoms with Crippen molar-refractivity contribution >= 4 is 17.4 Å². The number of carbonyl (C=O) groups is 2. The molecule has 0 aliphatic carbocycles. The van der Waals surface area contributed by atoms with E-state index in [1.807, 2.05) is 59.5 Å². The molecule has 0 saturated carbocycles. The fraction of sp³-hybridized carbons (Fsp3) is 0.304. The van der Waals surface area contributed by atoms with Gasteiger partial charge in [0.1, 0.15) is 11.4 Å². The molecule has 0 radical (unpaired) electrons. The van der Waals surface area contributed by atoms with Crippen molar-refractivity contribution < 1.29 is 14.3 Å². The summed E-state index contributed by atoms with van der Waals surface area (Å²) in [6.45, 7) is 1.73. The minimum Gasteiger partial charge on any atom is -0.486 e. The van der Waals surface area contributed by atoms with E-state index >= 15 is 0 Å². The molecule has 3 aliphatic rings. The summed E-state index contributed by atoms with van der Waals surface area (Å²) in [5.74, 6) is 0.785. The van der Waals surface area contributed by atoms with Crippen LogP contribution in [-0.4, -0.2) is 41.8 Å². The fourth-order valence-electron chi connectivity index (χ4n) is 4.29. The molecule has 1 spiro atoms.